The fourth-order valence-electron chi connectivity index (χ4n) is 1.63. The van der Waals surface area contributed by atoms with E-state index in [0.717, 1.165) is 0 Å². The van der Waals surface area contributed by atoms with Gasteiger partial charge >= 0.3 is 0 Å². The summed E-state index contributed by atoms with van der Waals surface area (Å²) >= 11 is 0. The zero-order valence-electron chi connectivity index (χ0n) is 9.18. The Kier molecular flexibility index (Phi) is 3.14. The molecule has 0 bridgehead atoms. The summed E-state index contributed by atoms with van der Waals surface area (Å²) in [5, 5.41) is 0. The maximum Gasteiger partial charge on any atom is 0.221 e. The van der Waals surface area contributed by atoms with Gasteiger partial charge in [0.05, 0.1) is 7.11 Å². The van der Waals surface area contributed by atoms with Crippen molar-refractivity contribution in [1.82, 2.24) is 4.98 Å². The van der Waals surface area contributed by atoms with Crippen LogP contribution in [0, 0.1) is 5.82 Å². The molecule has 0 radical (unpaired) electrons. The summed E-state index contributed by atoms with van der Waals surface area (Å²) in [7, 11) is 1.50. The fourth-order valence-corrected chi connectivity index (χ4v) is 1.63. The Balaban J connectivity index is 2.63. The average Bonchev–Trinajstić information content (AvgIpc) is 2.38. The molecule has 4 heteroatoms. The van der Waals surface area contributed by atoms with Crippen LogP contribution in [0.2, 0.25) is 0 Å². The monoisotopic (exact) mass is 231 g/mol. The minimum Gasteiger partial charge on any atom is -0.481 e. The maximum atomic E-state index is 13.0. The molecular formula is C13H10FNO2. The highest BCUT2D eigenvalue weighted by Gasteiger charge is 2.11. The lowest BCUT2D eigenvalue weighted by atomic mass is 10.0. The number of aromatic nitrogens is 1. The molecule has 0 aliphatic carbocycles. The van der Waals surface area contributed by atoms with E-state index in [0.29, 0.717) is 23.3 Å². The highest BCUT2D eigenvalue weighted by Crippen LogP contribution is 2.29. The second-order valence-electron chi connectivity index (χ2n) is 3.41. The lowest BCUT2D eigenvalue weighted by Gasteiger charge is -2.08. The SMILES string of the molecule is COc1ncccc1-c1ccc(F)cc1C=O. The van der Waals surface area contributed by atoms with Gasteiger partial charge in [-0.15, -0.1) is 0 Å². The van der Waals surface area contributed by atoms with Crippen molar-refractivity contribution in [2.75, 3.05) is 7.11 Å². The number of methoxy groups -OCH3 is 1. The van der Waals surface area contributed by atoms with E-state index in [1.54, 1.807) is 24.4 Å². The molecule has 0 aliphatic rings. The predicted molar refractivity (Wildman–Crippen MR) is 61.6 cm³/mol. The van der Waals surface area contributed by atoms with E-state index in [9.17, 15) is 9.18 Å². The molecule has 2 rings (SSSR count). The Morgan fingerprint density at radius 1 is 1.29 bits per heavy atom. The third-order valence-electron chi connectivity index (χ3n) is 2.40. The molecule has 86 valence electrons. The predicted octanol–water partition coefficient (Wildman–Crippen LogP) is 2.71. The smallest absolute Gasteiger partial charge is 0.221 e. The standard InChI is InChI=1S/C13H10FNO2/c1-17-13-12(3-2-6-15-13)11-5-4-10(14)7-9(11)8-16/h2-8H,1H3. The zero-order chi connectivity index (χ0) is 12.3. The van der Waals surface area contributed by atoms with Crippen molar-refractivity contribution in [3.8, 4) is 17.0 Å². The summed E-state index contributed by atoms with van der Waals surface area (Å²) in [6, 6.07) is 7.53. The Morgan fingerprint density at radius 2 is 2.12 bits per heavy atom. The first-order valence-electron chi connectivity index (χ1n) is 5.00. The Hall–Kier alpha value is -2.23. The molecular weight excluding hydrogens is 221 g/mol. The highest BCUT2D eigenvalue weighted by molar-refractivity contribution is 5.88. The first-order chi connectivity index (χ1) is 8.26. The summed E-state index contributed by atoms with van der Waals surface area (Å²) in [6.45, 7) is 0. The van der Waals surface area contributed by atoms with Crippen molar-refractivity contribution >= 4 is 6.29 Å². The summed E-state index contributed by atoms with van der Waals surface area (Å²) in [5.41, 5.74) is 1.54. The molecule has 1 aromatic heterocycles. The van der Waals surface area contributed by atoms with Gasteiger partial charge in [0.25, 0.3) is 0 Å². The van der Waals surface area contributed by atoms with E-state index in [4.69, 9.17) is 4.74 Å². The van der Waals surface area contributed by atoms with Gasteiger partial charge in [-0.2, -0.15) is 0 Å². The molecule has 17 heavy (non-hydrogen) atoms. The van der Waals surface area contributed by atoms with Gasteiger partial charge in [0.1, 0.15) is 5.82 Å². The summed E-state index contributed by atoms with van der Waals surface area (Å²) in [6.07, 6.45) is 2.21. The van der Waals surface area contributed by atoms with Crippen molar-refractivity contribution in [1.29, 1.82) is 0 Å². The number of nitrogens with zero attached hydrogens (tertiary/aromatic N) is 1. The third kappa shape index (κ3) is 2.15. The number of benzene rings is 1. The molecule has 0 saturated heterocycles. The lowest BCUT2D eigenvalue weighted by Crippen LogP contribution is -1.94. The van der Waals surface area contributed by atoms with E-state index in [2.05, 4.69) is 4.98 Å². The number of ether oxygens (including phenoxy) is 1. The molecule has 0 amide bonds. The molecule has 0 unspecified atom stereocenters. The normalized spacial score (nSPS) is 10.0. The topological polar surface area (TPSA) is 39.2 Å². The molecule has 1 aromatic carbocycles. The largest absolute Gasteiger partial charge is 0.481 e. The van der Waals surface area contributed by atoms with Crippen LogP contribution in [0.4, 0.5) is 4.39 Å². The van der Waals surface area contributed by atoms with Gasteiger partial charge in [0.15, 0.2) is 6.29 Å². The third-order valence-corrected chi connectivity index (χ3v) is 2.40. The van der Waals surface area contributed by atoms with Crippen LogP contribution >= 0.6 is 0 Å². The van der Waals surface area contributed by atoms with Crippen LogP contribution in [0.3, 0.4) is 0 Å². The second-order valence-corrected chi connectivity index (χ2v) is 3.41. The van der Waals surface area contributed by atoms with E-state index in [-0.39, 0.29) is 5.56 Å². The molecule has 0 spiro atoms. The van der Waals surface area contributed by atoms with E-state index in [1.165, 1.54) is 19.2 Å². The van der Waals surface area contributed by atoms with Crippen molar-refractivity contribution < 1.29 is 13.9 Å². The molecule has 3 nitrogen and oxygen atoms in total. The average molecular weight is 231 g/mol. The molecule has 0 N–H and O–H groups in total. The van der Waals surface area contributed by atoms with Gasteiger partial charge in [-0.05, 0) is 29.8 Å². The van der Waals surface area contributed by atoms with Crippen LogP contribution in [0.15, 0.2) is 36.5 Å². The number of aldehydes is 1. The van der Waals surface area contributed by atoms with Crippen LogP contribution < -0.4 is 4.74 Å². The minimum atomic E-state index is -0.446. The molecule has 0 atom stereocenters. The molecule has 0 saturated carbocycles. The van der Waals surface area contributed by atoms with E-state index >= 15 is 0 Å². The minimum absolute atomic E-state index is 0.274. The summed E-state index contributed by atoms with van der Waals surface area (Å²) < 4.78 is 18.1. The van der Waals surface area contributed by atoms with Gasteiger partial charge in [-0.25, -0.2) is 9.37 Å². The van der Waals surface area contributed by atoms with E-state index < -0.39 is 5.82 Å². The first kappa shape index (κ1) is 11.3. The van der Waals surface area contributed by atoms with Crippen molar-refractivity contribution in [3.05, 3.63) is 47.9 Å². The fraction of sp³-hybridized carbons (Fsp3) is 0.0769. The van der Waals surface area contributed by atoms with Gasteiger partial charge in [-0.1, -0.05) is 6.07 Å². The van der Waals surface area contributed by atoms with Crippen molar-refractivity contribution in [2.24, 2.45) is 0 Å². The Labute approximate surface area is 97.9 Å². The second kappa shape index (κ2) is 4.74. The molecule has 1 heterocycles. The number of halogens is 1. The van der Waals surface area contributed by atoms with Crippen LogP contribution in [0.5, 0.6) is 5.88 Å². The lowest BCUT2D eigenvalue weighted by molar-refractivity contribution is 0.112. The number of rotatable bonds is 3. The molecule has 0 fully saturated rings. The van der Waals surface area contributed by atoms with Crippen LogP contribution in [0.1, 0.15) is 10.4 Å². The van der Waals surface area contributed by atoms with Crippen molar-refractivity contribution in [2.45, 2.75) is 0 Å². The molecule has 2 aromatic rings. The summed E-state index contributed by atoms with van der Waals surface area (Å²) in [4.78, 5) is 15.0. The quantitative estimate of drug-likeness (QED) is 0.762. The van der Waals surface area contributed by atoms with Gasteiger partial charge in [0, 0.05) is 17.3 Å². The number of carbonyl (C=O) groups is 1. The van der Waals surface area contributed by atoms with Gasteiger partial charge < -0.3 is 4.74 Å². The first-order valence-corrected chi connectivity index (χ1v) is 5.00. The number of carbonyl (C=O) groups excluding carboxylic acids is 1. The Bertz CT molecular complexity index is 555. The number of hydrogen-bond donors (Lipinski definition) is 0. The zero-order valence-corrected chi connectivity index (χ0v) is 9.18. The van der Waals surface area contributed by atoms with Crippen LogP contribution in [-0.4, -0.2) is 18.4 Å². The van der Waals surface area contributed by atoms with Crippen LogP contribution in [0.25, 0.3) is 11.1 Å². The highest BCUT2D eigenvalue weighted by atomic mass is 19.1. The van der Waals surface area contributed by atoms with Gasteiger partial charge in [0.2, 0.25) is 5.88 Å². The van der Waals surface area contributed by atoms with E-state index in [1.807, 2.05) is 0 Å². The summed E-state index contributed by atoms with van der Waals surface area (Å²) in [5.74, 6) is -0.0408. The van der Waals surface area contributed by atoms with Crippen LogP contribution in [-0.2, 0) is 0 Å². The molecule has 0 aliphatic heterocycles. The van der Waals surface area contributed by atoms with Crippen molar-refractivity contribution in [3.63, 3.8) is 0 Å². The maximum absolute atomic E-state index is 13.0. The van der Waals surface area contributed by atoms with Gasteiger partial charge in [-0.3, -0.25) is 4.79 Å². The number of hydrogen-bond acceptors (Lipinski definition) is 3. The Morgan fingerprint density at radius 3 is 2.82 bits per heavy atom. The number of pyridine rings is 1.